The second-order valence-electron chi connectivity index (χ2n) is 5.77. The minimum Gasteiger partial charge on any atom is -0.433 e. The Bertz CT molecular complexity index is 327. The number of allylic oxidation sites excluding steroid dienone is 2. The molecule has 0 aliphatic heterocycles. The number of ketones is 1. The van der Waals surface area contributed by atoms with E-state index in [9.17, 15) is 9.59 Å². The fourth-order valence-corrected chi connectivity index (χ4v) is 1.90. The van der Waals surface area contributed by atoms with Crippen molar-refractivity contribution in [3.05, 3.63) is 11.8 Å². The van der Waals surface area contributed by atoms with Crippen LogP contribution in [0.2, 0.25) is 0 Å². The highest BCUT2D eigenvalue weighted by Crippen LogP contribution is 2.25. The SMILES string of the molecule is CC(=O)C=C(C)OC(=O)OCC(C)(C)CC(C)C. The van der Waals surface area contributed by atoms with E-state index in [-0.39, 0.29) is 17.0 Å². The van der Waals surface area contributed by atoms with Crippen LogP contribution < -0.4 is 0 Å². The Morgan fingerprint density at radius 1 is 1.22 bits per heavy atom. The van der Waals surface area contributed by atoms with Crippen molar-refractivity contribution in [2.75, 3.05) is 6.61 Å². The van der Waals surface area contributed by atoms with Gasteiger partial charge in [0.05, 0.1) is 0 Å². The monoisotopic (exact) mass is 256 g/mol. The standard InChI is InChI=1S/C14H24O4/c1-10(2)8-14(5,6)9-17-13(16)18-12(4)7-11(3)15/h7,10H,8-9H2,1-6H3. The number of carbonyl (C=O) groups is 2. The fourth-order valence-electron chi connectivity index (χ4n) is 1.90. The van der Waals surface area contributed by atoms with Gasteiger partial charge in [0.15, 0.2) is 5.78 Å². The summed E-state index contributed by atoms with van der Waals surface area (Å²) >= 11 is 0. The zero-order chi connectivity index (χ0) is 14.3. The molecule has 4 nitrogen and oxygen atoms in total. The first-order valence-corrected chi connectivity index (χ1v) is 6.16. The van der Waals surface area contributed by atoms with Crippen molar-refractivity contribution in [1.82, 2.24) is 0 Å². The lowest BCUT2D eigenvalue weighted by Crippen LogP contribution is -2.24. The minimum absolute atomic E-state index is 0.0780. The van der Waals surface area contributed by atoms with Crippen molar-refractivity contribution in [2.45, 2.75) is 48.0 Å². The van der Waals surface area contributed by atoms with E-state index < -0.39 is 6.16 Å². The Morgan fingerprint density at radius 2 is 1.78 bits per heavy atom. The summed E-state index contributed by atoms with van der Waals surface area (Å²) in [6, 6.07) is 0. The van der Waals surface area contributed by atoms with Gasteiger partial charge in [-0.05, 0) is 31.6 Å². The lowest BCUT2D eigenvalue weighted by molar-refractivity contribution is -0.112. The van der Waals surface area contributed by atoms with Gasteiger partial charge in [-0.3, -0.25) is 4.79 Å². The molecule has 0 aromatic heterocycles. The molecule has 0 amide bonds. The summed E-state index contributed by atoms with van der Waals surface area (Å²) in [5.41, 5.74) is -0.0780. The molecule has 0 heterocycles. The molecule has 0 radical (unpaired) electrons. The molecular formula is C14H24O4. The van der Waals surface area contributed by atoms with Gasteiger partial charge in [0, 0.05) is 6.08 Å². The smallest absolute Gasteiger partial charge is 0.433 e. The van der Waals surface area contributed by atoms with E-state index in [4.69, 9.17) is 9.47 Å². The third kappa shape index (κ3) is 8.79. The molecular weight excluding hydrogens is 232 g/mol. The summed E-state index contributed by atoms with van der Waals surface area (Å²) in [5, 5.41) is 0. The normalized spacial score (nSPS) is 12.5. The average molecular weight is 256 g/mol. The first kappa shape index (κ1) is 16.7. The molecule has 0 aliphatic carbocycles. The van der Waals surface area contributed by atoms with Crippen molar-refractivity contribution in [2.24, 2.45) is 11.3 Å². The molecule has 18 heavy (non-hydrogen) atoms. The van der Waals surface area contributed by atoms with Crippen molar-refractivity contribution in [1.29, 1.82) is 0 Å². The van der Waals surface area contributed by atoms with E-state index in [1.165, 1.54) is 13.0 Å². The van der Waals surface area contributed by atoms with Gasteiger partial charge in [-0.25, -0.2) is 4.79 Å². The molecule has 4 heteroatoms. The molecule has 0 aromatic carbocycles. The van der Waals surface area contributed by atoms with Crippen LogP contribution in [0.3, 0.4) is 0 Å². The largest absolute Gasteiger partial charge is 0.513 e. The van der Waals surface area contributed by atoms with Crippen molar-refractivity contribution in [3.63, 3.8) is 0 Å². The maximum Gasteiger partial charge on any atom is 0.513 e. The van der Waals surface area contributed by atoms with Gasteiger partial charge in [0.25, 0.3) is 0 Å². The molecule has 0 bridgehead atoms. The third-order valence-electron chi connectivity index (χ3n) is 2.19. The number of hydrogen-bond acceptors (Lipinski definition) is 4. The zero-order valence-corrected chi connectivity index (χ0v) is 12.2. The number of rotatable bonds is 6. The highest BCUT2D eigenvalue weighted by Gasteiger charge is 2.22. The highest BCUT2D eigenvalue weighted by molar-refractivity contribution is 5.87. The van der Waals surface area contributed by atoms with Crippen LogP contribution >= 0.6 is 0 Å². The molecule has 0 saturated carbocycles. The Hall–Kier alpha value is -1.32. The van der Waals surface area contributed by atoms with Crippen LogP contribution in [0.15, 0.2) is 11.8 Å². The summed E-state index contributed by atoms with van der Waals surface area (Å²) in [4.78, 5) is 22.1. The number of ether oxygens (including phenoxy) is 2. The second kappa shape index (κ2) is 7.19. The third-order valence-corrected chi connectivity index (χ3v) is 2.19. The summed E-state index contributed by atoms with van der Waals surface area (Å²) < 4.78 is 9.89. The van der Waals surface area contributed by atoms with Gasteiger partial charge in [-0.1, -0.05) is 27.7 Å². The van der Waals surface area contributed by atoms with Crippen LogP contribution in [0, 0.1) is 11.3 Å². The van der Waals surface area contributed by atoms with Gasteiger partial charge in [0.2, 0.25) is 0 Å². The maximum absolute atomic E-state index is 11.4. The number of carbonyl (C=O) groups excluding carboxylic acids is 2. The van der Waals surface area contributed by atoms with E-state index in [2.05, 4.69) is 13.8 Å². The molecule has 0 atom stereocenters. The van der Waals surface area contributed by atoms with E-state index in [1.807, 2.05) is 13.8 Å². The molecule has 104 valence electrons. The van der Waals surface area contributed by atoms with Crippen LogP contribution in [0.5, 0.6) is 0 Å². The summed E-state index contributed by atoms with van der Waals surface area (Å²) in [6.45, 7) is 11.6. The lowest BCUT2D eigenvalue weighted by Gasteiger charge is -2.25. The maximum atomic E-state index is 11.4. The molecule has 0 N–H and O–H groups in total. The molecule has 0 unspecified atom stereocenters. The Balaban J connectivity index is 4.15. The Morgan fingerprint density at radius 3 is 2.22 bits per heavy atom. The molecule has 0 aliphatic rings. The van der Waals surface area contributed by atoms with Crippen molar-refractivity contribution < 1.29 is 19.1 Å². The zero-order valence-electron chi connectivity index (χ0n) is 12.2. The molecule has 0 spiro atoms. The predicted octanol–water partition coefficient (Wildman–Crippen LogP) is 3.70. The van der Waals surface area contributed by atoms with Crippen LogP contribution in [0.4, 0.5) is 4.79 Å². The van der Waals surface area contributed by atoms with Gasteiger partial charge in [0.1, 0.15) is 12.4 Å². The van der Waals surface area contributed by atoms with Crippen molar-refractivity contribution in [3.8, 4) is 0 Å². The Kier molecular flexibility index (Phi) is 6.66. The van der Waals surface area contributed by atoms with Crippen LogP contribution in [0.1, 0.15) is 48.0 Å². The van der Waals surface area contributed by atoms with E-state index in [0.717, 1.165) is 6.42 Å². The number of hydrogen-bond donors (Lipinski definition) is 0. The van der Waals surface area contributed by atoms with Gasteiger partial charge in [-0.2, -0.15) is 0 Å². The van der Waals surface area contributed by atoms with Gasteiger partial charge < -0.3 is 9.47 Å². The van der Waals surface area contributed by atoms with E-state index >= 15 is 0 Å². The first-order valence-electron chi connectivity index (χ1n) is 6.16. The van der Waals surface area contributed by atoms with Crippen LogP contribution in [-0.4, -0.2) is 18.5 Å². The lowest BCUT2D eigenvalue weighted by atomic mass is 9.85. The fraction of sp³-hybridized carbons (Fsp3) is 0.714. The average Bonchev–Trinajstić information content (AvgIpc) is 2.11. The van der Waals surface area contributed by atoms with E-state index in [0.29, 0.717) is 12.5 Å². The molecule has 0 fully saturated rings. The van der Waals surface area contributed by atoms with Gasteiger partial charge >= 0.3 is 6.16 Å². The quantitative estimate of drug-likeness (QED) is 0.413. The molecule has 0 rings (SSSR count). The minimum atomic E-state index is -0.762. The molecule has 0 aromatic rings. The second-order valence-corrected chi connectivity index (χ2v) is 5.77. The predicted molar refractivity (Wildman–Crippen MR) is 70.1 cm³/mol. The summed E-state index contributed by atoms with van der Waals surface area (Å²) in [6.07, 6.45) is 1.45. The van der Waals surface area contributed by atoms with Crippen molar-refractivity contribution >= 4 is 11.9 Å². The Labute approximate surface area is 109 Å². The topological polar surface area (TPSA) is 52.6 Å². The van der Waals surface area contributed by atoms with E-state index in [1.54, 1.807) is 6.92 Å². The van der Waals surface area contributed by atoms with Crippen LogP contribution in [0.25, 0.3) is 0 Å². The highest BCUT2D eigenvalue weighted by atomic mass is 16.7. The first-order chi connectivity index (χ1) is 8.12. The van der Waals surface area contributed by atoms with Gasteiger partial charge in [-0.15, -0.1) is 0 Å². The molecule has 0 saturated heterocycles. The summed E-state index contributed by atoms with van der Waals surface area (Å²) in [7, 11) is 0. The summed E-state index contributed by atoms with van der Waals surface area (Å²) in [5.74, 6) is 0.619. The van der Waals surface area contributed by atoms with Crippen LogP contribution in [-0.2, 0) is 14.3 Å².